The minimum Gasteiger partial charge on any atom is -0.478 e. The van der Waals surface area contributed by atoms with E-state index in [0.29, 0.717) is 12.3 Å². The summed E-state index contributed by atoms with van der Waals surface area (Å²) in [6.07, 6.45) is 4.03. The number of aromatic carboxylic acids is 1. The van der Waals surface area contributed by atoms with Crippen LogP contribution in [0.25, 0.3) is 0 Å². The number of hydrogen-bond donors (Lipinski definition) is 1. The van der Waals surface area contributed by atoms with Gasteiger partial charge in [0.2, 0.25) is 0 Å². The van der Waals surface area contributed by atoms with Gasteiger partial charge in [-0.05, 0) is 37.8 Å². The largest absolute Gasteiger partial charge is 0.478 e. The van der Waals surface area contributed by atoms with Crippen LogP contribution in [-0.2, 0) is 4.79 Å². The van der Waals surface area contributed by atoms with E-state index in [9.17, 15) is 9.59 Å². The Morgan fingerprint density at radius 2 is 2.05 bits per heavy atom. The number of carbonyl (C=O) groups excluding carboxylic acids is 1. The highest BCUT2D eigenvalue weighted by atomic mass is 16.4. The number of Topliss-reactive ketones (excluding diaryl/α,β-unsaturated/α-hetero) is 1. The molecule has 0 atom stereocenters. The molecule has 0 unspecified atom stereocenters. The third-order valence-electron chi connectivity index (χ3n) is 3.51. The van der Waals surface area contributed by atoms with Crippen molar-refractivity contribution in [3.8, 4) is 0 Å². The Morgan fingerprint density at radius 1 is 1.37 bits per heavy atom. The van der Waals surface area contributed by atoms with Gasteiger partial charge in [0.1, 0.15) is 11.6 Å². The molecule has 1 aliphatic rings. The molecule has 0 aliphatic carbocycles. The Hall–Kier alpha value is -1.91. The molecule has 2 heterocycles. The second-order valence-electron chi connectivity index (χ2n) is 5.05. The molecule has 1 fully saturated rings. The highest BCUT2D eigenvalue weighted by Crippen LogP contribution is 2.24. The summed E-state index contributed by atoms with van der Waals surface area (Å²) in [5.74, 6) is 0.583. The Morgan fingerprint density at radius 3 is 2.53 bits per heavy atom. The number of carboxylic acids is 1. The lowest BCUT2D eigenvalue weighted by molar-refractivity contribution is -0.118. The lowest BCUT2D eigenvalue weighted by Gasteiger charge is -2.32. The molecule has 5 heteroatoms. The summed E-state index contributed by atoms with van der Waals surface area (Å²) >= 11 is 0. The van der Waals surface area contributed by atoms with Gasteiger partial charge >= 0.3 is 5.97 Å². The zero-order valence-corrected chi connectivity index (χ0v) is 11.0. The number of anilines is 1. The molecule has 1 aromatic heterocycles. The maximum absolute atomic E-state index is 11.1. The van der Waals surface area contributed by atoms with Crippen molar-refractivity contribution in [2.75, 3.05) is 18.0 Å². The van der Waals surface area contributed by atoms with Crippen LogP contribution in [0.15, 0.2) is 18.3 Å². The number of ketones is 1. The number of pyridine rings is 1. The standard InChI is InChI=1S/C14H18N2O3/c1-10(17)8-11-4-6-16(7-5-11)13-3-2-12(9-15-13)14(18)19/h2-3,9,11H,4-8H2,1H3,(H,18,19). The summed E-state index contributed by atoms with van der Waals surface area (Å²) in [6.45, 7) is 3.38. The molecule has 1 aliphatic heterocycles. The fourth-order valence-corrected chi connectivity index (χ4v) is 2.47. The lowest BCUT2D eigenvalue weighted by atomic mass is 9.92. The minimum atomic E-state index is -0.959. The fourth-order valence-electron chi connectivity index (χ4n) is 2.47. The van der Waals surface area contributed by atoms with Crippen molar-refractivity contribution in [1.29, 1.82) is 0 Å². The molecule has 1 N–H and O–H groups in total. The smallest absolute Gasteiger partial charge is 0.337 e. The molecule has 0 radical (unpaired) electrons. The van der Waals surface area contributed by atoms with Crippen LogP contribution in [0.5, 0.6) is 0 Å². The Balaban J connectivity index is 1.94. The highest BCUT2D eigenvalue weighted by Gasteiger charge is 2.21. The second kappa shape index (κ2) is 5.82. The summed E-state index contributed by atoms with van der Waals surface area (Å²) in [6, 6.07) is 3.32. The monoisotopic (exact) mass is 262 g/mol. The van der Waals surface area contributed by atoms with Crippen molar-refractivity contribution in [3.63, 3.8) is 0 Å². The Bertz CT molecular complexity index is 462. The van der Waals surface area contributed by atoms with E-state index >= 15 is 0 Å². The van der Waals surface area contributed by atoms with Crippen LogP contribution in [0.3, 0.4) is 0 Å². The molecule has 0 amide bonds. The maximum atomic E-state index is 11.1. The van der Waals surface area contributed by atoms with E-state index in [2.05, 4.69) is 9.88 Å². The minimum absolute atomic E-state index is 0.204. The first-order valence-corrected chi connectivity index (χ1v) is 6.50. The summed E-state index contributed by atoms with van der Waals surface area (Å²) in [7, 11) is 0. The van der Waals surface area contributed by atoms with Crippen LogP contribution >= 0.6 is 0 Å². The Kier molecular flexibility index (Phi) is 4.14. The van der Waals surface area contributed by atoms with Gasteiger partial charge in [-0.2, -0.15) is 0 Å². The number of piperidine rings is 1. The number of rotatable bonds is 4. The first-order valence-electron chi connectivity index (χ1n) is 6.50. The van der Waals surface area contributed by atoms with Crippen LogP contribution in [-0.4, -0.2) is 34.9 Å². The molecule has 1 saturated heterocycles. The van der Waals surface area contributed by atoms with E-state index in [1.807, 2.05) is 0 Å². The predicted molar refractivity (Wildman–Crippen MR) is 71.4 cm³/mol. The average molecular weight is 262 g/mol. The van der Waals surface area contributed by atoms with Gasteiger partial charge in [-0.25, -0.2) is 9.78 Å². The topological polar surface area (TPSA) is 70.5 Å². The van der Waals surface area contributed by atoms with Gasteiger partial charge in [-0.15, -0.1) is 0 Å². The predicted octanol–water partition coefficient (Wildman–Crippen LogP) is 1.98. The number of carboxylic acid groups (broad SMARTS) is 1. The van der Waals surface area contributed by atoms with E-state index in [0.717, 1.165) is 31.7 Å². The van der Waals surface area contributed by atoms with Crippen molar-refractivity contribution in [2.24, 2.45) is 5.92 Å². The number of hydrogen-bond acceptors (Lipinski definition) is 4. The van der Waals surface area contributed by atoms with Crippen molar-refractivity contribution in [2.45, 2.75) is 26.2 Å². The molecule has 0 spiro atoms. The highest BCUT2D eigenvalue weighted by molar-refractivity contribution is 5.87. The van der Waals surface area contributed by atoms with E-state index in [1.54, 1.807) is 19.1 Å². The number of carbonyl (C=O) groups is 2. The molecule has 0 bridgehead atoms. The summed E-state index contributed by atoms with van der Waals surface area (Å²) in [5.41, 5.74) is 0.204. The van der Waals surface area contributed by atoms with Gasteiger partial charge in [0.25, 0.3) is 0 Å². The normalized spacial score (nSPS) is 16.4. The first kappa shape index (κ1) is 13.5. The summed E-state index contributed by atoms with van der Waals surface area (Å²) in [5, 5.41) is 8.82. The van der Waals surface area contributed by atoms with Crippen LogP contribution < -0.4 is 4.90 Å². The van der Waals surface area contributed by atoms with Crippen molar-refractivity contribution in [1.82, 2.24) is 4.98 Å². The molecule has 19 heavy (non-hydrogen) atoms. The van der Waals surface area contributed by atoms with E-state index in [4.69, 9.17) is 5.11 Å². The molecular weight excluding hydrogens is 244 g/mol. The molecule has 0 aromatic carbocycles. The second-order valence-corrected chi connectivity index (χ2v) is 5.05. The zero-order valence-electron chi connectivity index (χ0n) is 11.0. The van der Waals surface area contributed by atoms with Gasteiger partial charge in [0, 0.05) is 25.7 Å². The van der Waals surface area contributed by atoms with E-state index in [1.165, 1.54) is 6.20 Å². The summed E-state index contributed by atoms with van der Waals surface area (Å²) in [4.78, 5) is 28.2. The first-order chi connectivity index (χ1) is 9.06. The van der Waals surface area contributed by atoms with Crippen LogP contribution in [0.1, 0.15) is 36.5 Å². The number of aromatic nitrogens is 1. The van der Waals surface area contributed by atoms with E-state index in [-0.39, 0.29) is 11.3 Å². The fraction of sp³-hybridized carbons (Fsp3) is 0.500. The summed E-state index contributed by atoms with van der Waals surface area (Å²) < 4.78 is 0. The van der Waals surface area contributed by atoms with Gasteiger partial charge in [-0.3, -0.25) is 0 Å². The maximum Gasteiger partial charge on any atom is 0.337 e. The van der Waals surface area contributed by atoms with Crippen LogP contribution in [0.4, 0.5) is 5.82 Å². The lowest BCUT2D eigenvalue weighted by Crippen LogP contribution is -2.34. The number of nitrogens with zero attached hydrogens (tertiary/aromatic N) is 2. The SMILES string of the molecule is CC(=O)CC1CCN(c2ccc(C(=O)O)cn2)CC1. The van der Waals surface area contributed by atoms with Crippen molar-refractivity contribution < 1.29 is 14.7 Å². The molecule has 102 valence electrons. The Labute approximate surface area is 112 Å². The van der Waals surface area contributed by atoms with Gasteiger partial charge < -0.3 is 14.8 Å². The molecule has 1 aromatic rings. The van der Waals surface area contributed by atoms with Crippen LogP contribution in [0.2, 0.25) is 0 Å². The molecule has 2 rings (SSSR count). The van der Waals surface area contributed by atoms with Crippen molar-refractivity contribution >= 4 is 17.6 Å². The molecular formula is C14H18N2O3. The van der Waals surface area contributed by atoms with Crippen molar-refractivity contribution in [3.05, 3.63) is 23.9 Å². The van der Waals surface area contributed by atoms with Gasteiger partial charge in [-0.1, -0.05) is 0 Å². The van der Waals surface area contributed by atoms with Crippen LogP contribution in [0, 0.1) is 5.92 Å². The third kappa shape index (κ3) is 3.53. The average Bonchev–Trinajstić information content (AvgIpc) is 2.39. The molecule has 0 saturated carbocycles. The van der Waals surface area contributed by atoms with Gasteiger partial charge in [0.05, 0.1) is 5.56 Å². The quantitative estimate of drug-likeness (QED) is 0.898. The molecule has 5 nitrogen and oxygen atoms in total. The zero-order chi connectivity index (χ0) is 13.8. The van der Waals surface area contributed by atoms with Gasteiger partial charge in [0.15, 0.2) is 0 Å². The van der Waals surface area contributed by atoms with E-state index < -0.39 is 5.97 Å². The third-order valence-corrected chi connectivity index (χ3v) is 3.51.